The molecule has 0 aromatic heterocycles. The van der Waals surface area contributed by atoms with E-state index >= 15 is 0 Å². The lowest BCUT2D eigenvalue weighted by atomic mass is 9.90. The first-order chi connectivity index (χ1) is 9.88. The number of ether oxygens (including phenoxy) is 1. The molecule has 21 heavy (non-hydrogen) atoms. The molecule has 1 aliphatic rings. The maximum absolute atomic E-state index is 11.0. The molecule has 1 aromatic rings. The Bertz CT molecular complexity index is 567. The molecule has 0 amide bonds. The summed E-state index contributed by atoms with van der Waals surface area (Å²) < 4.78 is 6.73. The van der Waals surface area contributed by atoms with Gasteiger partial charge in [0.15, 0.2) is 0 Å². The standard InChI is InChI=1S/C16H20BrNO3/c1-16(2,15(19)20)5-6-18-9-11-7-12-8-13(17)3-4-14(12)21-10-11/h3-4,7-8,18H,5-6,9-10H2,1-2H3,(H,19,20). The number of rotatable bonds is 6. The molecular weight excluding hydrogens is 334 g/mol. The van der Waals surface area contributed by atoms with E-state index in [0.717, 1.165) is 21.4 Å². The van der Waals surface area contributed by atoms with Crippen LogP contribution in [0.15, 0.2) is 28.2 Å². The van der Waals surface area contributed by atoms with E-state index in [2.05, 4.69) is 27.3 Å². The molecule has 2 rings (SSSR count). The zero-order chi connectivity index (χ0) is 15.5. The van der Waals surface area contributed by atoms with Gasteiger partial charge in [0.2, 0.25) is 0 Å². The highest BCUT2D eigenvalue weighted by Crippen LogP contribution is 2.29. The molecule has 2 N–H and O–H groups in total. The van der Waals surface area contributed by atoms with Gasteiger partial charge in [-0.25, -0.2) is 0 Å². The number of hydrogen-bond acceptors (Lipinski definition) is 3. The number of nitrogens with one attached hydrogen (secondary N) is 1. The van der Waals surface area contributed by atoms with E-state index in [1.54, 1.807) is 13.8 Å². The van der Waals surface area contributed by atoms with E-state index in [9.17, 15) is 4.79 Å². The number of aliphatic carboxylic acids is 1. The smallest absolute Gasteiger partial charge is 0.309 e. The molecule has 0 spiro atoms. The minimum Gasteiger partial charge on any atom is -0.489 e. The zero-order valence-electron chi connectivity index (χ0n) is 12.3. The molecule has 0 atom stereocenters. The van der Waals surface area contributed by atoms with Crippen molar-refractivity contribution in [1.82, 2.24) is 5.32 Å². The normalized spacial score (nSPS) is 14.1. The third kappa shape index (κ3) is 4.32. The van der Waals surface area contributed by atoms with Gasteiger partial charge in [0.25, 0.3) is 0 Å². The van der Waals surface area contributed by atoms with Gasteiger partial charge in [-0.3, -0.25) is 4.79 Å². The second-order valence-corrected chi connectivity index (χ2v) is 6.80. The van der Waals surface area contributed by atoms with Gasteiger partial charge in [0.1, 0.15) is 12.4 Å². The number of hydrogen-bond donors (Lipinski definition) is 2. The summed E-state index contributed by atoms with van der Waals surface area (Å²) in [5, 5.41) is 12.3. The monoisotopic (exact) mass is 353 g/mol. The van der Waals surface area contributed by atoms with Crippen molar-refractivity contribution in [2.24, 2.45) is 5.41 Å². The fourth-order valence-corrected chi connectivity index (χ4v) is 2.43. The molecule has 0 saturated heterocycles. The van der Waals surface area contributed by atoms with Crippen molar-refractivity contribution >= 4 is 28.0 Å². The summed E-state index contributed by atoms with van der Waals surface area (Å²) in [5.74, 6) is 0.136. The van der Waals surface area contributed by atoms with E-state index in [4.69, 9.17) is 9.84 Å². The summed E-state index contributed by atoms with van der Waals surface area (Å²) in [4.78, 5) is 11.0. The average Bonchev–Trinajstić information content (AvgIpc) is 2.43. The summed E-state index contributed by atoms with van der Waals surface area (Å²) in [6, 6.07) is 5.95. The second-order valence-electron chi connectivity index (χ2n) is 5.89. The van der Waals surface area contributed by atoms with Gasteiger partial charge in [-0.2, -0.15) is 0 Å². The molecule has 0 fully saturated rings. The molecule has 5 heteroatoms. The number of carbonyl (C=O) groups is 1. The largest absolute Gasteiger partial charge is 0.489 e. The molecular formula is C16H20BrNO3. The maximum atomic E-state index is 11.0. The quantitative estimate of drug-likeness (QED) is 0.770. The van der Waals surface area contributed by atoms with Crippen LogP contribution in [0.5, 0.6) is 5.75 Å². The van der Waals surface area contributed by atoms with E-state index in [0.29, 0.717) is 26.1 Å². The van der Waals surface area contributed by atoms with Crippen LogP contribution < -0.4 is 10.1 Å². The summed E-state index contributed by atoms with van der Waals surface area (Å²) in [6.45, 7) is 5.44. The highest BCUT2D eigenvalue weighted by molar-refractivity contribution is 9.10. The SMILES string of the molecule is CC(C)(CCNCC1=Cc2cc(Br)ccc2OC1)C(=O)O. The van der Waals surface area contributed by atoms with E-state index in [-0.39, 0.29) is 0 Å². The fraction of sp³-hybridized carbons (Fsp3) is 0.438. The summed E-state index contributed by atoms with van der Waals surface area (Å²) in [6.07, 6.45) is 2.72. The Balaban J connectivity index is 1.86. The predicted octanol–water partition coefficient (Wildman–Crippen LogP) is 3.32. The number of benzene rings is 1. The first-order valence-corrected chi connectivity index (χ1v) is 7.74. The second kappa shape index (κ2) is 6.62. The third-order valence-corrected chi connectivity index (χ3v) is 4.10. The highest BCUT2D eigenvalue weighted by Gasteiger charge is 2.26. The van der Waals surface area contributed by atoms with Crippen LogP contribution in [0.2, 0.25) is 0 Å². The Kier molecular flexibility index (Phi) is 5.06. The topological polar surface area (TPSA) is 58.6 Å². The van der Waals surface area contributed by atoms with Crippen molar-refractivity contribution in [3.63, 3.8) is 0 Å². The zero-order valence-corrected chi connectivity index (χ0v) is 13.9. The summed E-state index contributed by atoms with van der Waals surface area (Å²) >= 11 is 3.45. The van der Waals surface area contributed by atoms with E-state index in [1.807, 2.05) is 18.2 Å². The van der Waals surface area contributed by atoms with Crippen LogP contribution in [0.25, 0.3) is 6.08 Å². The highest BCUT2D eigenvalue weighted by atomic mass is 79.9. The summed E-state index contributed by atoms with van der Waals surface area (Å²) in [7, 11) is 0. The number of halogens is 1. The third-order valence-electron chi connectivity index (χ3n) is 3.60. The predicted molar refractivity (Wildman–Crippen MR) is 86.5 cm³/mol. The first kappa shape index (κ1) is 16.0. The molecule has 0 unspecified atom stereocenters. The Morgan fingerprint density at radius 2 is 2.24 bits per heavy atom. The van der Waals surface area contributed by atoms with Crippen LogP contribution in [0, 0.1) is 5.41 Å². The molecule has 0 aliphatic carbocycles. The van der Waals surface area contributed by atoms with Crippen LogP contribution in [0.4, 0.5) is 0 Å². The minimum absolute atomic E-state index is 0.573. The fourth-order valence-electron chi connectivity index (χ4n) is 2.05. The van der Waals surface area contributed by atoms with Crippen LogP contribution in [0.3, 0.4) is 0 Å². The van der Waals surface area contributed by atoms with Crippen LogP contribution in [-0.4, -0.2) is 30.8 Å². The van der Waals surface area contributed by atoms with Crippen LogP contribution >= 0.6 is 15.9 Å². The van der Waals surface area contributed by atoms with Crippen molar-refractivity contribution in [3.05, 3.63) is 33.8 Å². The minimum atomic E-state index is -0.761. The molecule has 114 valence electrons. The van der Waals surface area contributed by atoms with Crippen molar-refractivity contribution in [2.45, 2.75) is 20.3 Å². The number of fused-ring (bicyclic) bond motifs is 1. The van der Waals surface area contributed by atoms with Crippen molar-refractivity contribution < 1.29 is 14.6 Å². The summed E-state index contributed by atoms with van der Waals surface area (Å²) in [5.41, 5.74) is 1.54. The average molecular weight is 354 g/mol. The van der Waals surface area contributed by atoms with Gasteiger partial charge in [-0.1, -0.05) is 15.9 Å². The molecule has 0 saturated carbocycles. The lowest BCUT2D eigenvalue weighted by molar-refractivity contribution is -0.147. The first-order valence-electron chi connectivity index (χ1n) is 6.94. The lowest BCUT2D eigenvalue weighted by Gasteiger charge is -2.21. The van der Waals surface area contributed by atoms with Crippen LogP contribution in [0.1, 0.15) is 25.8 Å². The molecule has 0 radical (unpaired) electrons. The molecule has 1 aliphatic heterocycles. The lowest BCUT2D eigenvalue weighted by Crippen LogP contribution is -2.30. The van der Waals surface area contributed by atoms with Crippen molar-refractivity contribution in [3.8, 4) is 5.75 Å². The van der Waals surface area contributed by atoms with E-state index in [1.165, 1.54) is 0 Å². The number of carboxylic acid groups (broad SMARTS) is 1. The van der Waals surface area contributed by atoms with Gasteiger partial charge in [-0.15, -0.1) is 0 Å². The van der Waals surface area contributed by atoms with Crippen molar-refractivity contribution in [1.29, 1.82) is 0 Å². The molecule has 4 nitrogen and oxygen atoms in total. The van der Waals surface area contributed by atoms with Gasteiger partial charge in [-0.05, 0) is 56.7 Å². The Hall–Kier alpha value is -1.33. The number of carboxylic acids is 1. The molecule has 1 heterocycles. The van der Waals surface area contributed by atoms with Gasteiger partial charge >= 0.3 is 5.97 Å². The van der Waals surface area contributed by atoms with Crippen LogP contribution in [-0.2, 0) is 4.79 Å². The Morgan fingerprint density at radius 3 is 2.95 bits per heavy atom. The van der Waals surface area contributed by atoms with Gasteiger partial charge < -0.3 is 15.2 Å². The Morgan fingerprint density at radius 1 is 1.48 bits per heavy atom. The van der Waals surface area contributed by atoms with E-state index < -0.39 is 11.4 Å². The van der Waals surface area contributed by atoms with Gasteiger partial charge in [0.05, 0.1) is 5.41 Å². The van der Waals surface area contributed by atoms with Crippen molar-refractivity contribution in [2.75, 3.05) is 19.7 Å². The maximum Gasteiger partial charge on any atom is 0.309 e. The molecule has 0 bridgehead atoms. The van der Waals surface area contributed by atoms with Gasteiger partial charge in [0, 0.05) is 16.6 Å². The Labute approximate surface area is 133 Å². The molecule has 1 aromatic carbocycles.